The van der Waals surface area contributed by atoms with Crippen LogP contribution in [0.4, 0.5) is 0 Å². The number of allylic oxidation sites excluding steroid dienone is 1. The van der Waals surface area contributed by atoms with E-state index in [9.17, 15) is 9.59 Å². The van der Waals surface area contributed by atoms with Gasteiger partial charge in [-0.1, -0.05) is 5.57 Å². The van der Waals surface area contributed by atoms with E-state index < -0.39 is 0 Å². The molecule has 0 bridgehead atoms. The van der Waals surface area contributed by atoms with E-state index >= 15 is 0 Å². The zero-order valence-corrected chi connectivity index (χ0v) is 11.5. The maximum absolute atomic E-state index is 11.4. The Morgan fingerprint density at radius 3 is 2.50 bits per heavy atom. The van der Waals surface area contributed by atoms with Crippen molar-refractivity contribution in [2.45, 2.75) is 47.0 Å². The van der Waals surface area contributed by atoms with Gasteiger partial charge in [-0.15, -0.1) is 0 Å². The molecule has 0 radical (unpaired) electrons. The smallest absolute Gasteiger partial charge is 0.195 e. The Morgan fingerprint density at radius 2 is 1.94 bits per heavy atom. The van der Waals surface area contributed by atoms with Crippen LogP contribution in [-0.4, -0.2) is 21.1 Å². The molecule has 0 saturated carbocycles. The number of hydrogen-bond donors (Lipinski definition) is 0. The summed E-state index contributed by atoms with van der Waals surface area (Å²) in [5.41, 5.74) is 2.07. The Morgan fingerprint density at radius 1 is 1.28 bits per heavy atom. The van der Waals surface area contributed by atoms with Crippen molar-refractivity contribution in [2.24, 2.45) is 0 Å². The highest BCUT2D eigenvalue weighted by Gasteiger charge is 2.09. The molecule has 1 heterocycles. The van der Waals surface area contributed by atoms with Crippen molar-refractivity contribution >= 4 is 17.8 Å². The Hall–Kier alpha value is -1.71. The summed E-state index contributed by atoms with van der Waals surface area (Å²) in [6.07, 6.45) is 5.93. The third-order valence-electron chi connectivity index (χ3n) is 2.75. The first kappa shape index (κ1) is 14.4. The average molecular weight is 248 g/mol. The summed E-state index contributed by atoms with van der Waals surface area (Å²) in [5.74, 6) is 0.625. The number of hydrogen-bond acceptors (Lipinski definition) is 3. The lowest BCUT2D eigenvalue weighted by Gasteiger charge is -2.05. The average Bonchev–Trinajstić information content (AvgIpc) is 2.60. The standard InChI is InChI=1S/C14H20N2O2/c1-10(6-5-7-12(3)17)9-16-11(2)8-15-14(16)13(4)18/h8-9H,5-7H2,1-4H3/b10-9+. The zero-order chi connectivity index (χ0) is 13.7. The molecule has 18 heavy (non-hydrogen) atoms. The van der Waals surface area contributed by atoms with Gasteiger partial charge in [0.2, 0.25) is 0 Å². The monoisotopic (exact) mass is 248 g/mol. The van der Waals surface area contributed by atoms with Crippen molar-refractivity contribution in [3.8, 4) is 0 Å². The highest BCUT2D eigenvalue weighted by atomic mass is 16.1. The first-order valence-corrected chi connectivity index (χ1v) is 6.13. The molecule has 0 atom stereocenters. The molecule has 1 aromatic rings. The largest absolute Gasteiger partial charge is 0.301 e. The number of aromatic nitrogens is 2. The van der Waals surface area contributed by atoms with Gasteiger partial charge in [0.15, 0.2) is 11.6 Å². The Labute approximate surface area is 108 Å². The highest BCUT2D eigenvalue weighted by molar-refractivity contribution is 5.91. The molecule has 0 fully saturated rings. The minimum Gasteiger partial charge on any atom is -0.301 e. The maximum Gasteiger partial charge on any atom is 0.195 e. The van der Waals surface area contributed by atoms with E-state index in [-0.39, 0.29) is 11.6 Å². The lowest BCUT2D eigenvalue weighted by Crippen LogP contribution is -2.04. The first-order valence-electron chi connectivity index (χ1n) is 6.13. The molecule has 0 aliphatic rings. The summed E-state index contributed by atoms with van der Waals surface area (Å²) in [6, 6.07) is 0. The van der Waals surface area contributed by atoms with E-state index in [1.54, 1.807) is 13.1 Å². The predicted octanol–water partition coefficient (Wildman–Crippen LogP) is 3.01. The van der Waals surface area contributed by atoms with E-state index in [2.05, 4.69) is 4.98 Å². The zero-order valence-electron chi connectivity index (χ0n) is 11.5. The van der Waals surface area contributed by atoms with Crippen LogP contribution in [0.25, 0.3) is 6.20 Å². The number of aryl methyl sites for hydroxylation is 1. The van der Waals surface area contributed by atoms with Crippen molar-refractivity contribution in [1.29, 1.82) is 0 Å². The van der Waals surface area contributed by atoms with Crippen LogP contribution in [0.15, 0.2) is 11.8 Å². The van der Waals surface area contributed by atoms with Gasteiger partial charge in [0.1, 0.15) is 5.78 Å². The maximum atomic E-state index is 11.4. The molecule has 1 rings (SSSR count). The normalized spacial score (nSPS) is 11.7. The van der Waals surface area contributed by atoms with Crippen molar-refractivity contribution in [3.05, 3.63) is 23.3 Å². The number of imidazole rings is 1. The molecule has 0 aliphatic carbocycles. The molecule has 98 valence electrons. The number of nitrogens with zero attached hydrogens (tertiary/aromatic N) is 2. The van der Waals surface area contributed by atoms with Crippen molar-refractivity contribution in [2.75, 3.05) is 0 Å². The molecule has 0 spiro atoms. The van der Waals surface area contributed by atoms with E-state index in [1.807, 2.05) is 24.6 Å². The summed E-state index contributed by atoms with van der Waals surface area (Å²) < 4.78 is 1.81. The van der Waals surface area contributed by atoms with Crippen molar-refractivity contribution in [3.63, 3.8) is 0 Å². The number of rotatable bonds is 6. The molecule has 1 aromatic heterocycles. The van der Waals surface area contributed by atoms with Gasteiger partial charge in [0, 0.05) is 31.4 Å². The SMILES string of the molecule is CC(=O)CCC/C(C)=C/n1c(C)cnc1C(C)=O. The van der Waals surface area contributed by atoms with Crippen molar-refractivity contribution in [1.82, 2.24) is 9.55 Å². The summed E-state index contributed by atoms with van der Waals surface area (Å²) in [4.78, 5) is 26.4. The first-order chi connectivity index (χ1) is 8.41. The topological polar surface area (TPSA) is 52.0 Å². The summed E-state index contributed by atoms with van der Waals surface area (Å²) in [7, 11) is 0. The molecule has 4 nitrogen and oxygen atoms in total. The molecular weight excluding hydrogens is 228 g/mol. The van der Waals surface area contributed by atoms with Crippen LogP contribution < -0.4 is 0 Å². The van der Waals surface area contributed by atoms with Crippen LogP contribution in [0.1, 0.15) is 56.3 Å². The van der Waals surface area contributed by atoms with E-state index in [0.717, 1.165) is 24.1 Å². The number of carbonyl (C=O) groups excluding carboxylic acids is 2. The second-order valence-electron chi connectivity index (χ2n) is 4.68. The fraction of sp³-hybridized carbons (Fsp3) is 0.500. The van der Waals surface area contributed by atoms with Gasteiger partial charge in [0.25, 0.3) is 0 Å². The summed E-state index contributed by atoms with van der Waals surface area (Å²) in [5, 5.41) is 0. The third-order valence-corrected chi connectivity index (χ3v) is 2.75. The van der Waals surface area contributed by atoms with Gasteiger partial charge in [0.05, 0.1) is 0 Å². The molecule has 0 unspecified atom stereocenters. The molecule has 0 aliphatic heterocycles. The fourth-order valence-electron chi connectivity index (χ4n) is 1.77. The van der Waals surface area contributed by atoms with Crippen LogP contribution in [0.2, 0.25) is 0 Å². The van der Waals surface area contributed by atoms with Gasteiger partial charge in [-0.2, -0.15) is 0 Å². The quantitative estimate of drug-likeness (QED) is 0.727. The number of Topliss-reactive ketones (excluding diaryl/α,β-unsaturated/α-hetero) is 2. The van der Waals surface area contributed by atoms with E-state index in [0.29, 0.717) is 12.2 Å². The second-order valence-corrected chi connectivity index (χ2v) is 4.68. The minimum absolute atomic E-state index is 0.0455. The van der Waals surface area contributed by atoms with Gasteiger partial charge in [-0.3, -0.25) is 4.79 Å². The second kappa shape index (κ2) is 6.28. The van der Waals surface area contributed by atoms with Gasteiger partial charge < -0.3 is 9.36 Å². The van der Waals surface area contributed by atoms with Crippen LogP contribution in [-0.2, 0) is 4.79 Å². The Bertz CT molecular complexity index is 484. The lowest BCUT2D eigenvalue weighted by atomic mass is 10.1. The predicted molar refractivity (Wildman–Crippen MR) is 71.4 cm³/mol. The van der Waals surface area contributed by atoms with Crippen LogP contribution in [0.5, 0.6) is 0 Å². The Kier molecular flexibility index (Phi) is 5.01. The van der Waals surface area contributed by atoms with Gasteiger partial charge >= 0.3 is 0 Å². The van der Waals surface area contributed by atoms with Crippen LogP contribution in [0, 0.1) is 6.92 Å². The molecule has 0 amide bonds. The number of ketones is 2. The highest BCUT2D eigenvalue weighted by Crippen LogP contribution is 2.12. The molecule has 4 heteroatoms. The molecular formula is C14H20N2O2. The molecule has 0 aromatic carbocycles. The van der Waals surface area contributed by atoms with Gasteiger partial charge in [-0.25, -0.2) is 4.98 Å². The van der Waals surface area contributed by atoms with E-state index in [1.165, 1.54) is 6.92 Å². The lowest BCUT2D eigenvalue weighted by molar-refractivity contribution is -0.117. The van der Waals surface area contributed by atoms with Crippen LogP contribution >= 0.6 is 0 Å². The molecule has 0 saturated heterocycles. The molecule has 0 N–H and O–H groups in total. The van der Waals surface area contributed by atoms with E-state index in [4.69, 9.17) is 0 Å². The van der Waals surface area contributed by atoms with Crippen LogP contribution in [0.3, 0.4) is 0 Å². The third kappa shape index (κ3) is 3.95. The van der Waals surface area contributed by atoms with Crippen molar-refractivity contribution < 1.29 is 9.59 Å². The summed E-state index contributed by atoms with van der Waals surface area (Å²) in [6.45, 7) is 7.03. The minimum atomic E-state index is -0.0455. The Balaban J connectivity index is 2.78. The fourth-order valence-corrected chi connectivity index (χ4v) is 1.77. The van der Waals surface area contributed by atoms with Gasteiger partial charge in [-0.05, 0) is 33.6 Å². The summed E-state index contributed by atoms with van der Waals surface area (Å²) >= 11 is 0. The number of carbonyl (C=O) groups is 2.